The molecule has 0 aliphatic heterocycles. The summed E-state index contributed by atoms with van der Waals surface area (Å²) in [5.41, 5.74) is 1.41. The van der Waals surface area contributed by atoms with Gasteiger partial charge in [-0.25, -0.2) is 14.2 Å². The van der Waals surface area contributed by atoms with Crippen LogP contribution in [0.3, 0.4) is 0 Å². The average molecular weight is 331 g/mol. The fourth-order valence-electron chi connectivity index (χ4n) is 2.58. The SMILES string of the molecule is Cc1c([C@@H](C)NC(=O)NCc2ncnn2C)oc2ccc(F)cc12. The number of nitrogens with zero attached hydrogens (tertiary/aromatic N) is 3. The number of furan rings is 1. The molecule has 0 bridgehead atoms. The van der Waals surface area contributed by atoms with E-state index in [4.69, 9.17) is 4.42 Å². The van der Waals surface area contributed by atoms with Crippen LogP contribution in [0.25, 0.3) is 11.0 Å². The van der Waals surface area contributed by atoms with Crippen molar-refractivity contribution in [3.05, 3.63) is 47.5 Å². The molecule has 1 atom stereocenters. The average Bonchev–Trinajstić information content (AvgIpc) is 3.09. The third-order valence-corrected chi connectivity index (χ3v) is 3.89. The lowest BCUT2D eigenvalue weighted by Gasteiger charge is -2.13. The third kappa shape index (κ3) is 3.08. The van der Waals surface area contributed by atoms with Gasteiger partial charge < -0.3 is 15.1 Å². The summed E-state index contributed by atoms with van der Waals surface area (Å²) in [6.07, 6.45) is 1.43. The molecule has 0 saturated heterocycles. The fraction of sp³-hybridized carbons (Fsp3) is 0.312. The standard InChI is InChI=1S/C16H18FN5O2/c1-9-12-6-11(17)4-5-13(12)24-15(9)10(2)21-16(23)18-7-14-19-8-20-22(14)3/h4-6,8,10H,7H2,1-3H3,(H2,18,21,23)/t10-/m1/s1. The molecule has 0 saturated carbocycles. The Morgan fingerprint density at radius 1 is 1.46 bits per heavy atom. The van der Waals surface area contributed by atoms with Gasteiger partial charge in [0, 0.05) is 18.0 Å². The summed E-state index contributed by atoms with van der Waals surface area (Å²) in [7, 11) is 1.75. The number of fused-ring (bicyclic) bond motifs is 1. The molecule has 2 heterocycles. The van der Waals surface area contributed by atoms with E-state index in [0.717, 1.165) is 5.56 Å². The van der Waals surface area contributed by atoms with E-state index in [1.54, 1.807) is 17.8 Å². The fourth-order valence-corrected chi connectivity index (χ4v) is 2.58. The second kappa shape index (κ2) is 6.31. The van der Waals surface area contributed by atoms with E-state index in [0.29, 0.717) is 22.6 Å². The highest BCUT2D eigenvalue weighted by molar-refractivity contribution is 5.82. The van der Waals surface area contributed by atoms with Crippen LogP contribution in [0.15, 0.2) is 28.9 Å². The van der Waals surface area contributed by atoms with E-state index in [2.05, 4.69) is 20.7 Å². The summed E-state index contributed by atoms with van der Waals surface area (Å²) in [4.78, 5) is 16.1. The van der Waals surface area contributed by atoms with Crippen molar-refractivity contribution in [1.82, 2.24) is 25.4 Å². The first kappa shape index (κ1) is 16.0. The van der Waals surface area contributed by atoms with Crippen molar-refractivity contribution in [1.29, 1.82) is 0 Å². The number of urea groups is 1. The zero-order valence-corrected chi connectivity index (χ0v) is 13.6. The molecule has 0 aliphatic carbocycles. The number of hydrogen-bond donors (Lipinski definition) is 2. The molecule has 0 aliphatic rings. The molecule has 1 aromatic carbocycles. The molecular weight excluding hydrogens is 313 g/mol. The van der Waals surface area contributed by atoms with Crippen molar-refractivity contribution in [3.8, 4) is 0 Å². The van der Waals surface area contributed by atoms with Gasteiger partial charge >= 0.3 is 6.03 Å². The predicted octanol–water partition coefficient (Wildman–Crippen LogP) is 2.57. The number of aromatic nitrogens is 3. The van der Waals surface area contributed by atoms with Crippen molar-refractivity contribution in [2.24, 2.45) is 7.05 Å². The molecule has 0 unspecified atom stereocenters. The lowest BCUT2D eigenvalue weighted by Crippen LogP contribution is -2.37. The van der Waals surface area contributed by atoms with Crippen molar-refractivity contribution in [3.63, 3.8) is 0 Å². The Balaban J connectivity index is 1.68. The second-order valence-electron chi connectivity index (χ2n) is 5.58. The Bertz CT molecular complexity index is 886. The van der Waals surface area contributed by atoms with E-state index < -0.39 is 0 Å². The number of halogens is 1. The highest BCUT2D eigenvalue weighted by Crippen LogP contribution is 2.29. The van der Waals surface area contributed by atoms with Gasteiger partial charge in [0.15, 0.2) is 0 Å². The Morgan fingerprint density at radius 3 is 2.96 bits per heavy atom. The van der Waals surface area contributed by atoms with E-state index in [-0.39, 0.29) is 24.4 Å². The lowest BCUT2D eigenvalue weighted by atomic mass is 10.1. The van der Waals surface area contributed by atoms with Gasteiger partial charge in [-0.1, -0.05) is 0 Å². The van der Waals surface area contributed by atoms with Gasteiger partial charge in [-0.3, -0.25) is 4.68 Å². The maximum absolute atomic E-state index is 13.4. The number of amides is 2. The van der Waals surface area contributed by atoms with E-state index >= 15 is 0 Å². The van der Waals surface area contributed by atoms with E-state index in [1.807, 2.05) is 13.8 Å². The molecule has 126 valence electrons. The summed E-state index contributed by atoms with van der Waals surface area (Å²) in [5.74, 6) is 0.928. The quantitative estimate of drug-likeness (QED) is 0.769. The van der Waals surface area contributed by atoms with Gasteiger partial charge in [-0.2, -0.15) is 5.10 Å². The number of aryl methyl sites for hydroxylation is 2. The molecule has 7 nitrogen and oxygen atoms in total. The smallest absolute Gasteiger partial charge is 0.315 e. The highest BCUT2D eigenvalue weighted by Gasteiger charge is 2.19. The first-order valence-electron chi connectivity index (χ1n) is 7.51. The van der Waals surface area contributed by atoms with Gasteiger partial charge in [-0.05, 0) is 32.0 Å². The normalized spacial score (nSPS) is 12.3. The van der Waals surface area contributed by atoms with Crippen LogP contribution in [0.5, 0.6) is 0 Å². The minimum Gasteiger partial charge on any atom is -0.459 e. The topological polar surface area (TPSA) is 85.0 Å². The number of carbonyl (C=O) groups excluding carboxylic acids is 1. The van der Waals surface area contributed by atoms with Crippen molar-refractivity contribution in [2.45, 2.75) is 26.4 Å². The van der Waals surface area contributed by atoms with Crippen molar-refractivity contribution >= 4 is 17.0 Å². The molecule has 2 N–H and O–H groups in total. The second-order valence-corrected chi connectivity index (χ2v) is 5.58. The Morgan fingerprint density at radius 2 is 2.25 bits per heavy atom. The molecule has 8 heteroatoms. The zero-order valence-electron chi connectivity index (χ0n) is 13.6. The minimum absolute atomic E-state index is 0.263. The Hall–Kier alpha value is -2.90. The highest BCUT2D eigenvalue weighted by atomic mass is 19.1. The summed E-state index contributed by atoms with van der Waals surface area (Å²) in [6, 6.07) is 3.65. The molecular formula is C16H18FN5O2. The number of benzene rings is 1. The Labute approximate surface area is 137 Å². The summed E-state index contributed by atoms with van der Waals surface area (Å²) < 4.78 is 20.7. The lowest BCUT2D eigenvalue weighted by molar-refractivity contribution is 0.235. The molecule has 3 rings (SSSR count). The van der Waals surface area contributed by atoms with Crippen LogP contribution >= 0.6 is 0 Å². The van der Waals surface area contributed by atoms with Crippen LogP contribution in [-0.4, -0.2) is 20.8 Å². The number of nitrogens with one attached hydrogen (secondary N) is 2. The molecule has 0 fully saturated rings. The van der Waals surface area contributed by atoms with Crippen LogP contribution in [0, 0.1) is 12.7 Å². The number of rotatable bonds is 4. The molecule has 24 heavy (non-hydrogen) atoms. The van der Waals surface area contributed by atoms with Crippen LogP contribution in [0.4, 0.5) is 9.18 Å². The zero-order chi connectivity index (χ0) is 17.3. The summed E-state index contributed by atoms with van der Waals surface area (Å²) >= 11 is 0. The molecule has 2 amide bonds. The molecule has 2 aromatic heterocycles. The van der Waals surface area contributed by atoms with Crippen LogP contribution < -0.4 is 10.6 Å². The van der Waals surface area contributed by atoms with Gasteiger partial charge in [0.05, 0.1) is 12.6 Å². The van der Waals surface area contributed by atoms with Crippen LogP contribution in [0.2, 0.25) is 0 Å². The van der Waals surface area contributed by atoms with Crippen LogP contribution in [-0.2, 0) is 13.6 Å². The van der Waals surface area contributed by atoms with Gasteiger partial charge in [0.2, 0.25) is 0 Å². The van der Waals surface area contributed by atoms with Crippen molar-refractivity contribution in [2.75, 3.05) is 0 Å². The minimum atomic E-state index is -0.361. The summed E-state index contributed by atoms with van der Waals surface area (Å²) in [5, 5.41) is 10.2. The van der Waals surface area contributed by atoms with Crippen LogP contribution in [0.1, 0.15) is 30.1 Å². The van der Waals surface area contributed by atoms with Gasteiger partial charge in [0.25, 0.3) is 0 Å². The summed E-state index contributed by atoms with van der Waals surface area (Å²) in [6.45, 7) is 3.92. The van der Waals surface area contributed by atoms with Gasteiger partial charge in [0.1, 0.15) is 29.3 Å². The number of carbonyl (C=O) groups is 1. The Kier molecular flexibility index (Phi) is 4.20. The van der Waals surface area contributed by atoms with E-state index in [1.165, 1.54) is 18.5 Å². The van der Waals surface area contributed by atoms with Gasteiger partial charge in [-0.15, -0.1) is 0 Å². The maximum Gasteiger partial charge on any atom is 0.315 e. The first-order valence-corrected chi connectivity index (χ1v) is 7.51. The molecule has 0 spiro atoms. The predicted molar refractivity (Wildman–Crippen MR) is 85.7 cm³/mol. The first-order chi connectivity index (χ1) is 11.5. The van der Waals surface area contributed by atoms with Crippen molar-refractivity contribution < 1.29 is 13.6 Å². The maximum atomic E-state index is 13.4. The molecule has 3 aromatic rings. The molecule has 0 radical (unpaired) electrons. The number of hydrogen-bond acceptors (Lipinski definition) is 4. The monoisotopic (exact) mass is 331 g/mol. The van der Waals surface area contributed by atoms with E-state index in [9.17, 15) is 9.18 Å². The largest absolute Gasteiger partial charge is 0.459 e. The third-order valence-electron chi connectivity index (χ3n) is 3.89.